The molecular formula is C8H8FNO. The van der Waals surface area contributed by atoms with Gasteiger partial charge >= 0.3 is 0 Å². The second-order valence-electron chi connectivity index (χ2n) is 1.68. The zero-order chi connectivity index (χ0) is 8.69. The van der Waals surface area contributed by atoms with Crippen LogP contribution in [0.4, 0.5) is 4.39 Å². The summed E-state index contributed by atoms with van der Waals surface area (Å²) >= 11 is 0. The van der Waals surface area contributed by atoms with Crippen molar-refractivity contribution in [3.63, 3.8) is 0 Å². The van der Waals surface area contributed by atoms with E-state index in [1.807, 2.05) is 0 Å². The molecule has 0 radical (unpaired) electrons. The highest BCUT2D eigenvalue weighted by atomic mass is 19.1. The highest BCUT2D eigenvalue weighted by Gasteiger charge is 1.91. The van der Waals surface area contributed by atoms with Gasteiger partial charge in [0.25, 0.3) is 0 Å². The Kier molecular flexibility index (Phi) is 4.50. The minimum Gasteiger partial charge on any atom is -0.505 e. The molecule has 1 rings (SSSR count). The first kappa shape index (κ1) is 9.44. The molecule has 0 aliphatic carbocycles. The summed E-state index contributed by atoms with van der Waals surface area (Å²) in [4.78, 5) is 0. The van der Waals surface area contributed by atoms with Crippen molar-refractivity contribution in [2.24, 2.45) is 0 Å². The Morgan fingerprint density at radius 2 is 1.91 bits per heavy atom. The Balaban J connectivity index is 0.000000292. The van der Waals surface area contributed by atoms with Gasteiger partial charge in [0.2, 0.25) is 0 Å². The summed E-state index contributed by atoms with van der Waals surface area (Å²) in [6, 6.07) is 7.35. The number of phenolic OH excluding ortho intramolecular Hbond substituents is 1. The number of para-hydroxylation sites is 1. The molecule has 0 aliphatic rings. The number of aromatic hydroxyl groups is 1. The Bertz CT molecular complexity index is 234. The van der Waals surface area contributed by atoms with Crippen LogP contribution in [0.2, 0.25) is 0 Å². The predicted octanol–water partition coefficient (Wildman–Crippen LogP) is 2.06. The van der Waals surface area contributed by atoms with E-state index in [1.54, 1.807) is 12.1 Å². The topological polar surface area (TPSA) is 44.0 Å². The molecule has 0 saturated carbocycles. The first-order chi connectivity index (χ1) is 5.22. The summed E-state index contributed by atoms with van der Waals surface area (Å²) in [6.07, 6.45) is 0. The van der Waals surface area contributed by atoms with E-state index in [-0.39, 0.29) is 5.75 Å². The van der Waals surface area contributed by atoms with Gasteiger partial charge < -0.3 is 5.11 Å². The van der Waals surface area contributed by atoms with E-state index in [4.69, 9.17) is 10.4 Å². The fourth-order valence-corrected chi connectivity index (χ4v) is 0.452. The van der Waals surface area contributed by atoms with Gasteiger partial charge in [0, 0.05) is 6.92 Å². The van der Waals surface area contributed by atoms with E-state index in [0.29, 0.717) is 0 Å². The average molecular weight is 153 g/mol. The Morgan fingerprint density at radius 1 is 1.45 bits per heavy atom. The highest BCUT2D eigenvalue weighted by Crippen LogP contribution is 2.11. The smallest absolute Gasteiger partial charge is 0.164 e. The molecule has 0 unspecified atom stereocenters. The molecule has 1 N–H and O–H groups in total. The number of benzene rings is 1. The Labute approximate surface area is 64.5 Å². The number of nitriles is 1. The predicted molar refractivity (Wildman–Crippen MR) is 39.4 cm³/mol. The standard InChI is InChI=1S/C6H5FO.C2H3N/c7-5-3-1-2-4-6(5)8;1-2-3/h1-4,8H;1H3. The van der Waals surface area contributed by atoms with Crippen molar-refractivity contribution in [3.05, 3.63) is 30.1 Å². The maximum absolute atomic E-state index is 12.1. The minimum absolute atomic E-state index is 0.299. The molecule has 2 nitrogen and oxygen atoms in total. The van der Waals surface area contributed by atoms with Gasteiger partial charge in [-0.1, -0.05) is 12.1 Å². The van der Waals surface area contributed by atoms with Crippen LogP contribution in [0.15, 0.2) is 24.3 Å². The summed E-state index contributed by atoms with van der Waals surface area (Å²) in [5.41, 5.74) is 0. The maximum Gasteiger partial charge on any atom is 0.164 e. The molecule has 0 heterocycles. The summed E-state index contributed by atoms with van der Waals surface area (Å²) in [6.45, 7) is 1.43. The SMILES string of the molecule is CC#N.Oc1ccccc1F. The first-order valence-corrected chi connectivity index (χ1v) is 2.96. The number of halogens is 1. The van der Waals surface area contributed by atoms with Crippen LogP contribution in [0.5, 0.6) is 5.75 Å². The van der Waals surface area contributed by atoms with Crippen LogP contribution in [-0.2, 0) is 0 Å². The van der Waals surface area contributed by atoms with E-state index in [9.17, 15) is 4.39 Å². The highest BCUT2D eigenvalue weighted by molar-refractivity contribution is 5.21. The molecule has 0 spiro atoms. The lowest BCUT2D eigenvalue weighted by Gasteiger charge is -1.88. The van der Waals surface area contributed by atoms with Crippen molar-refractivity contribution in [1.29, 1.82) is 5.26 Å². The van der Waals surface area contributed by atoms with Crippen LogP contribution in [0, 0.1) is 17.1 Å². The zero-order valence-electron chi connectivity index (χ0n) is 6.08. The van der Waals surface area contributed by atoms with Crippen LogP contribution in [0.1, 0.15) is 6.92 Å². The monoisotopic (exact) mass is 153 g/mol. The van der Waals surface area contributed by atoms with Gasteiger partial charge in [-0.15, -0.1) is 0 Å². The van der Waals surface area contributed by atoms with Crippen molar-refractivity contribution in [2.45, 2.75) is 6.92 Å². The molecule has 3 heteroatoms. The second kappa shape index (κ2) is 5.24. The number of nitrogens with zero attached hydrogens (tertiary/aromatic N) is 1. The summed E-state index contributed by atoms with van der Waals surface area (Å²) in [5, 5.41) is 15.9. The minimum atomic E-state index is -0.576. The third-order valence-corrected chi connectivity index (χ3v) is 0.852. The largest absolute Gasteiger partial charge is 0.505 e. The lowest BCUT2D eigenvalue weighted by Crippen LogP contribution is -1.70. The van der Waals surface area contributed by atoms with E-state index in [2.05, 4.69) is 0 Å². The first-order valence-electron chi connectivity index (χ1n) is 2.96. The molecule has 0 aliphatic heterocycles. The molecule has 0 aromatic heterocycles. The van der Waals surface area contributed by atoms with Crippen molar-refractivity contribution in [2.75, 3.05) is 0 Å². The molecule has 0 amide bonds. The fraction of sp³-hybridized carbons (Fsp3) is 0.125. The molecule has 0 fully saturated rings. The molecule has 58 valence electrons. The fourth-order valence-electron chi connectivity index (χ4n) is 0.452. The number of hydrogen-bond acceptors (Lipinski definition) is 2. The number of rotatable bonds is 0. The van der Waals surface area contributed by atoms with Gasteiger partial charge in [-0.05, 0) is 12.1 Å². The van der Waals surface area contributed by atoms with E-state index < -0.39 is 5.82 Å². The lowest BCUT2D eigenvalue weighted by molar-refractivity contribution is 0.432. The van der Waals surface area contributed by atoms with Gasteiger partial charge in [0.05, 0.1) is 6.07 Å². The van der Waals surface area contributed by atoms with Crippen LogP contribution >= 0.6 is 0 Å². The molecule has 1 aromatic rings. The van der Waals surface area contributed by atoms with Gasteiger partial charge in [-0.25, -0.2) is 4.39 Å². The quantitative estimate of drug-likeness (QED) is 0.620. The maximum atomic E-state index is 12.1. The van der Waals surface area contributed by atoms with Crippen molar-refractivity contribution in [1.82, 2.24) is 0 Å². The summed E-state index contributed by atoms with van der Waals surface area (Å²) in [7, 11) is 0. The van der Waals surface area contributed by atoms with Crippen molar-refractivity contribution < 1.29 is 9.50 Å². The third kappa shape index (κ3) is 3.93. The Morgan fingerprint density at radius 3 is 2.18 bits per heavy atom. The lowest BCUT2D eigenvalue weighted by atomic mass is 10.3. The van der Waals surface area contributed by atoms with Crippen LogP contribution < -0.4 is 0 Å². The molecule has 0 atom stereocenters. The van der Waals surface area contributed by atoms with E-state index >= 15 is 0 Å². The molecule has 11 heavy (non-hydrogen) atoms. The molecular weight excluding hydrogens is 145 g/mol. The molecule has 1 aromatic carbocycles. The molecule has 0 bridgehead atoms. The summed E-state index contributed by atoms with van der Waals surface area (Å²) in [5.74, 6) is -0.875. The summed E-state index contributed by atoms with van der Waals surface area (Å²) < 4.78 is 12.1. The van der Waals surface area contributed by atoms with Gasteiger partial charge in [-0.2, -0.15) is 5.26 Å². The van der Waals surface area contributed by atoms with Crippen molar-refractivity contribution >= 4 is 0 Å². The van der Waals surface area contributed by atoms with Crippen LogP contribution in [0.3, 0.4) is 0 Å². The third-order valence-electron chi connectivity index (χ3n) is 0.852. The normalized spacial score (nSPS) is 7.36. The zero-order valence-corrected chi connectivity index (χ0v) is 6.08. The van der Waals surface area contributed by atoms with Gasteiger partial charge in [-0.3, -0.25) is 0 Å². The number of hydrogen-bond donors (Lipinski definition) is 1. The second-order valence-corrected chi connectivity index (χ2v) is 1.68. The average Bonchev–Trinajstić information content (AvgIpc) is 1.97. The van der Waals surface area contributed by atoms with Gasteiger partial charge in [0.1, 0.15) is 0 Å². The van der Waals surface area contributed by atoms with E-state index in [0.717, 1.165) is 0 Å². The number of phenols is 1. The Hall–Kier alpha value is -1.56. The van der Waals surface area contributed by atoms with Gasteiger partial charge in [0.15, 0.2) is 11.6 Å². The van der Waals surface area contributed by atoms with Crippen molar-refractivity contribution in [3.8, 4) is 11.8 Å². The van der Waals surface area contributed by atoms with Crippen LogP contribution in [0.25, 0.3) is 0 Å². The molecule has 0 saturated heterocycles. The van der Waals surface area contributed by atoms with Crippen LogP contribution in [-0.4, -0.2) is 5.11 Å². The van der Waals surface area contributed by atoms with E-state index in [1.165, 1.54) is 25.1 Å².